The van der Waals surface area contributed by atoms with Gasteiger partial charge in [-0.25, -0.2) is 0 Å². The molecule has 1 aromatic carbocycles. The average Bonchev–Trinajstić information content (AvgIpc) is 2.43. The monoisotopic (exact) mass is 271 g/mol. The molecule has 0 spiro atoms. The van der Waals surface area contributed by atoms with Crippen LogP contribution in [-0.2, 0) is 4.79 Å². The Morgan fingerprint density at radius 3 is 2.44 bits per heavy atom. The summed E-state index contributed by atoms with van der Waals surface area (Å²) in [5.41, 5.74) is 0. The van der Waals surface area contributed by atoms with Gasteiger partial charge >= 0.3 is 0 Å². The quantitative estimate of drug-likeness (QED) is 0.620. The number of hydrogen-bond acceptors (Lipinski definition) is 5. The van der Waals surface area contributed by atoms with E-state index in [1.165, 1.54) is 11.8 Å². The van der Waals surface area contributed by atoms with Gasteiger partial charge in [-0.3, -0.25) is 4.79 Å². The lowest BCUT2D eigenvalue weighted by molar-refractivity contribution is -0.119. The molecule has 5 nitrogen and oxygen atoms in total. The van der Waals surface area contributed by atoms with Gasteiger partial charge in [-0.2, -0.15) is 0 Å². The number of ether oxygens (including phenoxy) is 1. The van der Waals surface area contributed by atoms with Crippen LogP contribution >= 0.6 is 11.8 Å². The number of amides is 1. The van der Waals surface area contributed by atoms with Gasteiger partial charge in [0.05, 0.1) is 32.1 Å². The van der Waals surface area contributed by atoms with Gasteiger partial charge in [-0.05, 0) is 24.3 Å². The van der Waals surface area contributed by atoms with Crippen molar-refractivity contribution in [3.63, 3.8) is 0 Å². The highest BCUT2D eigenvalue weighted by Gasteiger charge is 2.10. The molecule has 3 N–H and O–H groups in total. The summed E-state index contributed by atoms with van der Waals surface area (Å²) in [5, 5.41) is 20.2. The van der Waals surface area contributed by atoms with E-state index in [4.69, 9.17) is 14.9 Å². The van der Waals surface area contributed by atoms with Crippen molar-refractivity contribution in [2.45, 2.75) is 10.9 Å². The molecule has 0 saturated carbocycles. The molecule has 0 aliphatic heterocycles. The third kappa shape index (κ3) is 4.95. The van der Waals surface area contributed by atoms with Gasteiger partial charge < -0.3 is 20.3 Å². The SMILES string of the molecule is COc1ccc(SCC(=O)NC(CO)CO)cc1. The first-order chi connectivity index (χ1) is 8.69. The first-order valence-corrected chi connectivity index (χ1v) is 6.46. The van der Waals surface area contributed by atoms with Crippen LogP contribution in [-0.4, -0.2) is 48.2 Å². The minimum atomic E-state index is -0.589. The summed E-state index contributed by atoms with van der Waals surface area (Å²) in [6, 6.07) is 6.79. The van der Waals surface area contributed by atoms with Gasteiger partial charge in [-0.15, -0.1) is 11.8 Å². The van der Waals surface area contributed by atoms with Crippen LogP contribution in [0, 0.1) is 0 Å². The Bertz CT molecular complexity index is 365. The maximum Gasteiger partial charge on any atom is 0.230 e. The van der Waals surface area contributed by atoms with Gasteiger partial charge in [0.1, 0.15) is 5.75 Å². The molecule has 0 heterocycles. The predicted octanol–water partition coefficient (Wildman–Crippen LogP) is 0.257. The van der Waals surface area contributed by atoms with Crippen LogP contribution in [0.1, 0.15) is 0 Å². The van der Waals surface area contributed by atoms with Gasteiger partial charge in [-0.1, -0.05) is 0 Å². The Kier molecular flexibility index (Phi) is 6.56. The van der Waals surface area contributed by atoms with Crippen LogP contribution in [0.2, 0.25) is 0 Å². The maximum atomic E-state index is 11.5. The summed E-state index contributed by atoms with van der Waals surface area (Å²) < 4.78 is 5.03. The van der Waals surface area contributed by atoms with Crippen LogP contribution in [0.15, 0.2) is 29.2 Å². The third-order valence-corrected chi connectivity index (χ3v) is 3.25. The van der Waals surface area contributed by atoms with Crippen molar-refractivity contribution in [2.75, 3.05) is 26.1 Å². The molecule has 1 aromatic rings. The summed E-state index contributed by atoms with van der Waals surface area (Å²) in [4.78, 5) is 12.4. The Morgan fingerprint density at radius 2 is 1.94 bits per heavy atom. The summed E-state index contributed by atoms with van der Waals surface area (Å²) in [5.74, 6) is 0.788. The molecule has 1 amide bonds. The summed E-state index contributed by atoms with van der Waals surface area (Å²) >= 11 is 1.38. The van der Waals surface area contributed by atoms with Crippen molar-refractivity contribution in [1.82, 2.24) is 5.32 Å². The number of benzene rings is 1. The van der Waals surface area contributed by atoms with Crippen molar-refractivity contribution in [2.24, 2.45) is 0 Å². The average molecular weight is 271 g/mol. The Hall–Kier alpha value is -1.24. The van der Waals surface area contributed by atoms with E-state index in [2.05, 4.69) is 5.32 Å². The smallest absolute Gasteiger partial charge is 0.230 e. The molecule has 0 atom stereocenters. The molecule has 18 heavy (non-hydrogen) atoms. The number of carbonyl (C=O) groups excluding carboxylic acids is 1. The number of aliphatic hydroxyl groups excluding tert-OH is 2. The lowest BCUT2D eigenvalue weighted by Crippen LogP contribution is -2.40. The van der Waals surface area contributed by atoms with Crippen molar-refractivity contribution in [3.05, 3.63) is 24.3 Å². The molecule has 0 radical (unpaired) electrons. The van der Waals surface area contributed by atoms with E-state index < -0.39 is 6.04 Å². The summed E-state index contributed by atoms with van der Waals surface area (Å²) in [6.07, 6.45) is 0. The number of aliphatic hydroxyl groups is 2. The lowest BCUT2D eigenvalue weighted by Gasteiger charge is -2.12. The zero-order valence-electron chi connectivity index (χ0n) is 10.1. The van der Waals surface area contributed by atoms with E-state index in [-0.39, 0.29) is 24.9 Å². The van der Waals surface area contributed by atoms with E-state index >= 15 is 0 Å². The van der Waals surface area contributed by atoms with E-state index in [1.54, 1.807) is 7.11 Å². The van der Waals surface area contributed by atoms with E-state index in [1.807, 2.05) is 24.3 Å². The Balaban J connectivity index is 2.37. The molecule has 100 valence electrons. The van der Waals surface area contributed by atoms with Crippen LogP contribution in [0.5, 0.6) is 5.75 Å². The zero-order valence-corrected chi connectivity index (χ0v) is 10.9. The second kappa shape index (κ2) is 7.97. The Labute approximate surface area is 110 Å². The summed E-state index contributed by atoms with van der Waals surface area (Å²) in [7, 11) is 1.60. The highest BCUT2D eigenvalue weighted by atomic mass is 32.2. The lowest BCUT2D eigenvalue weighted by atomic mass is 10.3. The van der Waals surface area contributed by atoms with Crippen molar-refractivity contribution in [3.8, 4) is 5.75 Å². The number of nitrogens with one attached hydrogen (secondary N) is 1. The molecule has 0 aliphatic carbocycles. The van der Waals surface area contributed by atoms with Gasteiger partial charge in [0.15, 0.2) is 0 Å². The maximum absolute atomic E-state index is 11.5. The van der Waals surface area contributed by atoms with Gasteiger partial charge in [0.2, 0.25) is 5.91 Å². The van der Waals surface area contributed by atoms with Crippen LogP contribution in [0.4, 0.5) is 0 Å². The molecular weight excluding hydrogens is 254 g/mol. The first kappa shape index (κ1) is 14.8. The predicted molar refractivity (Wildman–Crippen MR) is 69.8 cm³/mol. The highest BCUT2D eigenvalue weighted by molar-refractivity contribution is 8.00. The molecule has 0 bridgehead atoms. The van der Waals surface area contributed by atoms with Crippen LogP contribution in [0.3, 0.4) is 0 Å². The molecular formula is C12H17NO4S. The normalized spacial score (nSPS) is 10.4. The summed E-state index contributed by atoms with van der Waals surface area (Å²) in [6.45, 7) is -0.537. The third-order valence-electron chi connectivity index (χ3n) is 2.24. The van der Waals surface area contributed by atoms with E-state index in [0.717, 1.165) is 10.6 Å². The molecule has 1 rings (SSSR count). The zero-order chi connectivity index (χ0) is 13.4. The number of carbonyl (C=O) groups is 1. The fourth-order valence-corrected chi connectivity index (χ4v) is 1.95. The number of hydrogen-bond donors (Lipinski definition) is 3. The first-order valence-electron chi connectivity index (χ1n) is 5.47. The second-order valence-corrected chi connectivity index (χ2v) is 4.64. The highest BCUT2D eigenvalue weighted by Crippen LogP contribution is 2.20. The molecule has 6 heteroatoms. The number of rotatable bonds is 7. The van der Waals surface area contributed by atoms with E-state index in [9.17, 15) is 4.79 Å². The van der Waals surface area contributed by atoms with E-state index in [0.29, 0.717) is 0 Å². The molecule has 0 saturated heterocycles. The van der Waals surface area contributed by atoms with Crippen molar-refractivity contribution < 1.29 is 19.7 Å². The fourth-order valence-electron chi connectivity index (χ4n) is 1.24. The van der Waals surface area contributed by atoms with Crippen LogP contribution in [0.25, 0.3) is 0 Å². The minimum Gasteiger partial charge on any atom is -0.497 e. The Morgan fingerprint density at radius 1 is 1.33 bits per heavy atom. The minimum absolute atomic E-state index is 0.219. The van der Waals surface area contributed by atoms with Gasteiger partial charge in [0.25, 0.3) is 0 Å². The molecule has 0 unspecified atom stereocenters. The number of thioether (sulfide) groups is 1. The standard InChI is InChI=1S/C12H17NO4S/c1-17-10-2-4-11(5-3-10)18-8-12(16)13-9(6-14)7-15/h2-5,9,14-15H,6-8H2,1H3,(H,13,16). The fraction of sp³-hybridized carbons (Fsp3) is 0.417. The molecule has 0 fully saturated rings. The molecule has 0 aliphatic rings. The second-order valence-electron chi connectivity index (χ2n) is 3.59. The van der Waals surface area contributed by atoms with Gasteiger partial charge in [0, 0.05) is 4.90 Å². The molecule has 0 aromatic heterocycles. The van der Waals surface area contributed by atoms with Crippen LogP contribution < -0.4 is 10.1 Å². The van der Waals surface area contributed by atoms with Crippen molar-refractivity contribution >= 4 is 17.7 Å². The number of methoxy groups -OCH3 is 1. The largest absolute Gasteiger partial charge is 0.497 e. The van der Waals surface area contributed by atoms with Crippen molar-refractivity contribution in [1.29, 1.82) is 0 Å². The topological polar surface area (TPSA) is 78.8 Å².